The van der Waals surface area contributed by atoms with E-state index < -0.39 is 0 Å². The quantitative estimate of drug-likeness (QED) is 0.668. The Labute approximate surface area is 146 Å². The van der Waals surface area contributed by atoms with Gasteiger partial charge in [-0.05, 0) is 19.1 Å². The largest absolute Gasteiger partial charge is 0.332 e. The Balaban J connectivity index is 1.74. The van der Waals surface area contributed by atoms with E-state index in [1.165, 1.54) is 15.7 Å². The molecule has 24 heavy (non-hydrogen) atoms. The van der Waals surface area contributed by atoms with Crippen molar-refractivity contribution < 1.29 is 4.79 Å². The van der Waals surface area contributed by atoms with Crippen molar-refractivity contribution in [3.05, 3.63) is 61.0 Å². The van der Waals surface area contributed by atoms with Crippen LogP contribution in [0.5, 0.6) is 0 Å². The van der Waals surface area contributed by atoms with E-state index in [-0.39, 0.29) is 18.0 Å². The third-order valence-corrected chi connectivity index (χ3v) is 5.06. The number of amides is 1. The Bertz CT molecular complexity index is 1030. The molecule has 122 valence electrons. The maximum atomic E-state index is 12.7. The number of rotatable bonds is 1. The van der Waals surface area contributed by atoms with Gasteiger partial charge in [-0.25, -0.2) is 9.97 Å². The Hall–Kier alpha value is -2.25. The molecular formula is C16H13ClN4O2S. The first-order chi connectivity index (χ1) is 11.5. The number of thiazole rings is 1. The fourth-order valence-corrected chi connectivity index (χ4v) is 3.62. The molecule has 1 amide bonds. The molecule has 3 aromatic rings. The van der Waals surface area contributed by atoms with Crippen LogP contribution in [0.25, 0.3) is 5.65 Å². The van der Waals surface area contributed by atoms with Gasteiger partial charge in [-0.3, -0.25) is 14.0 Å². The van der Waals surface area contributed by atoms with Gasteiger partial charge in [-0.1, -0.05) is 11.6 Å². The van der Waals surface area contributed by atoms with Crippen LogP contribution in [-0.2, 0) is 13.0 Å². The van der Waals surface area contributed by atoms with Crippen molar-refractivity contribution in [1.29, 1.82) is 0 Å². The second-order valence-corrected chi connectivity index (χ2v) is 7.14. The van der Waals surface area contributed by atoms with Crippen molar-refractivity contribution >= 4 is 34.5 Å². The molecule has 4 heterocycles. The van der Waals surface area contributed by atoms with Crippen LogP contribution in [0.15, 0.2) is 28.5 Å². The topological polar surface area (TPSA) is 67.6 Å². The first-order valence-electron chi connectivity index (χ1n) is 7.44. The summed E-state index contributed by atoms with van der Waals surface area (Å²) in [4.78, 5) is 35.7. The van der Waals surface area contributed by atoms with E-state index in [1.807, 2.05) is 6.92 Å². The zero-order valence-electron chi connectivity index (χ0n) is 12.8. The van der Waals surface area contributed by atoms with Crippen LogP contribution < -0.4 is 5.56 Å². The molecule has 3 aromatic heterocycles. The minimum Gasteiger partial charge on any atom is -0.332 e. The van der Waals surface area contributed by atoms with Crippen molar-refractivity contribution in [1.82, 2.24) is 19.3 Å². The molecule has 0 spiro atoms. The highest BCUT2D eigenvalue weighted by Crippen LogP contribution is 2.19. The summed E-state index contributed by atoms with van der Waals surface area (Å²) in [5.41, 5.74) is 2.11. The lowest BCUT2D eigenvalue weighted by Gasteiger charge is -2.27. The number of aryl methyl sites for hydroxylation is 1. The van der Waals surface area contributed by atoms with Gasteiger partial charge in [-0.15, -0.1) is 11.3 Å². The van der Waals surface area contributed by atoms with Crippen molar-refractivity contribution in [2.24, 2.45) is 0 Å². The van der Waals surface area contributed by atoms with Gasteiger partial charge < -0.3 is 4.90 Å². The smallest absolute Gasteiger partial charge is 0.273 e. The summed E-state index contributed by atoms with van der Waals surface area (Å²) >= 11 is 7.41. The number of hydrogen-bond acceptors (Lipinski definition) is 5. The Morgan fingerprint density at radius 3 is 2.92 bits per heavy atom. The summed E-state index contributed by atoms with van der Waals surface area (Å²) in [7, 11) is 0. The Kier molecular flexibility index (Phi) is 3.62. The van der Waals surface area contributed by atoms with Crippen LogP contribution in [0.1, 0.15) is 26.8 Å². The average Bonchev–Trinajstić information content (AvgIpc) is 3.01. The van der Waals surface area contributed by atoms with Gasteiger partial charge in [0.25, 0.3) is 11.5 Å². The third-order valence-electron chi connectivity index (χ3n) is 4.06. The number of fused-ring (bicyclic) bond motifs is 2. The Morgan fingerprint density at radius 2 is 2.17 bits per heavy atom. The van der Waals surface area contributed by atoms with Crippen LogP contribution in [0.3, 0.4) is 0 Å². The molecule has 0 bridgehead atoms. The van der Waals surface area contributed by atoms with Crippen LogP contribution in [-0.4, -0.2) is 31.7 Å². The summed E-state index contributed by atoms with van der Waals surface area (Å²) in [6.07, 6.45) is 2.11. The lowest BCUT2D eigenvalue weighted by atomic mass is 10.1. The molecule has 0 fully saturated rings. The molecule has 0 unspecified atom stereocenters. The highest BCUT2D eigenvalue weighted by atomic mass is 35.5. The fourth-order valence-electron chi connectivity index (χ4n) is 2.87. The number of carbonyl (C=O) groups is 1. The summed E-state index contributed by atoms with van der Waals surface area (Å²) < 4.78 is 1.43. The van der Waals surface area contributed by atoms with Crippen LogP contribution in [0.4, 0.5) is 0 Å². The molecular weight excluding hydrogens is 348 g/mol. The molecule has 0 saturated heterocycles. The zero-order valence-corrected chi connectivity index (χ0v) is 14.4. The van der Waals surface area contributed by atoms with Crippen molar-refractivity contribution in [3.63, 3.8) is 0 Å². The molecule has 0 aromatic carbocycles. The molecule has 0 atom stereocenters. The number of hydrogen-bond donors (Lipinski definition) is 0. The fraction of sp³-hybridized carbons (Fsp3) is 0.250. The standard InChI is InChI=1S/C16H13ClN4O2S/c1-9-18-13(8-24-9)16(23)20-5-4-12-11(7-20)15(22)21-6-10(17)2-3-14(21)19-12/h2-3,6,8H,4-5,7H2,1H3. The molecule has 6 nitrogen and oxygen atoms in total. The van der Waals surface area contributed by atoms with E-state index >= 15 is 0 Å². The van der Waals surface area contributed by atoms with Gasteiger partial charge in [-0.2, -0.15) is 0 Å². The van der Waals surface area contributed by atoms with E-state index in [1.54, 1.807) is 28.6 Å². The van der Waals surface area contributed by atoms with Crippen LogP contribution in [0, 0.1) is 6.92 Å². The highest BCUT2D eigenvalue weighted by molar-refractivity contribution is 7.09. The minimum absolute atomic E-state index is 0.152. The van der Waals surface area contributed by atoms with Crippen molar-refractivity contribution in [2.45, 2.75) is 19.9 Å². The van der Waals surface area contributed by atoms with E-state index in [4.69, 9.17) is 11.6 Å². The lowest BCUT2D eigenvalue weighted by Crippen LogP contribution is -2.40. The van der Waals surface area contributed by atoms with Crippen LogP contribution in [0.2, 0.25) is 5.02 Å². The van der Waals surface area contributed by atoms with E-state index in [0.29, 0.717) is 34.9 Å². The number of halogens is 1. The first-order valence-corrected chi connectivity index (χ1v) is 8.70. The molecule has 0 radical (unpaired) electrons. The van der Waals surface area contributed by atoms with Gasteiger partial charge in [0.15, 0.2) is 0 Å². The van der Waals surface area contributed by atoms with Gasteiger partial charge in [0.2, 0.25) is 0 Å². The predicted octanol–water partition coefficient (Wildman–Crippen LogP) is 2.31. The normalized spacial score (nSPS) is 14.0. The summed E-state index contributed by atoms with van der Waals surface area (Å²) in [6, 6.07) is 3.43. The number of aromatic nitrogens is 3. The molecule has 4 rings (SSSR count). The first kappa shape index (κ1) is 15.3. The van der Waals surface area contributed by atoms with Gasteiger partial charge >= 0.3 is 0 Å². The number of pyridine rings is 1. The van der Waals surface area contributed by atoms with E-state index in [0.717, 1.165) is 10.7 Å². The molecule has 1 aliphatic heterocycles. The SMILES string of the molecule is Cc1nc(C(=O)N2CCc3nc4ccc(Cl)cn4c(=O)c3C2)cs1. The summed E-state index contributed by atoms with van der Waals surface area (Å²) in [5.74, 6) is -0.152. The minimum atomic E-state index is -0.176. The molecule has 1 aliphatic rings. The van der Waals surface area contributed by atoms with Gasteiger partial charge in [0.05, 0.1) is 27.8 Å². The molecule has 0 saturated carbocycles. The average molecular weight is 361 g/mol. The van der Waals surface area contributed by atoms with Crippen molar-refractivity contribution in [2.75, 3.05) is 6.54 Å². The monoisotopic (exact) mass is 360 g/mol. The van der Waals surface area contributed by atoms with Gasteiger partial charge in [0.1, 0.15) is 11.3 Å². The van der Waals surface area contributed by atoms with E-state index in [9.17, 15) is 9.59 Å². The predicted molar refractivity (Wildman–Crippen MR) is 91.8 cm³/mol. The summed E-state index contributed by atoms with van der Waals surface area (Å²) in [5, 5.41) is 3.06. The maximum Gasteiger partial charge on any atom is 0.273 e. The number of carbonyl (C=O) groups excluding carboxylic acids is 1. The molecule has 0 aliphatic carbocycles. The second kappa shape index (κ2) is 5.68. The van der Waals surface area contributed by atoms with Crippen molar-refractivity contribution in [3.8, 4) is 0 Å². The zero-order chi connectivity index (χ0) is 16.8. The van der Waals surface area contributed by atoms with E-state index in [2.05, 4.69) is 9.97 Å². The maximum absolute atomic E-state index is 12.7. The third kappa shape index (κ3) is 2.50. The van der Waals surface area contributed by atoms with Crippen LogP contribution >= 0.6 is 22.9 Å². The van der Waals surface area contributed by atoms with Gasteiger partial charge in [0, 0.05) is 24.5 Å². The highest BCUT2D eigenvalue weighted by Gasteiger charge is 2.26. The number of nitrogens with zero attached hydrogens (tertiary/aromatic N) is 4. The lowest BCUT2D eigenvalue weighted by molar-refractivity contribution is 0.0727. The second-order valence-electron chi connectivity index (χ2n) is 5.65. The Morgan fingerprint density at radius 1 is 1.33 bits per heavy atom. The molecule has 0 N–H and O–H groups in total. The molecule has 8 heteroatoms. The summed E-state index contributed by atoms with van der Waals surface area (Å²) in [6.45, 7) is 2.63.